The Kier molecular flexibility index (Phi) is 6.48. The molecule has 3 rings (SSSR count). The van der Waals surface area contributed by atoms with Crippen LogP contribution >= 0.6 is 0 Å². The molecule has 1 N–H and O–H groups in total. The van der Waals surface area contributed by atoms with Gasteiger partial charge in [-0.25, -0.2) is 4.79 Å². The van der Waals surface area contributed by atoms with Crippen molar-refractivity contribution in [1.82, 2.24) is 4.90 Å². The van der Waals surface area contributed by atoms with Gasteiger partial charge < -0.3 is 15.0 Å². The normalized spacial score (nSPS) is 21.0. The first-order chi connectivity index (χ1) is 13.1. The SMILES string of the molecule is CCOC(=O)c1cccc(NC(=O)C2CC(=O)N(C3CCCCCC3)C2)c1. The highest BCUT2D eigenvalue weighted by atomic mass is 16.5. The van der Waals surface area contributed by atoms with Gasteiger partial charge >= 0.3 is 5.97 Å². The number of hydrogen-bond donors (Lipinski definition) is 1. The van der Waals surface area contributed by atoms with Crippen LogP contribution in [-0.4, -0.2) is 41.9 Å². The van der Waals surface area contributed by atoms with Gasteiger partial charge in [0.1, 0.15) is 0 Å². The number of ether oxygens (including phenoxy) is 1. The number of esters is 1. The number of amides is 2. The van der Waals surface area contributed by atoms with Crippen LogP contribution in [0, 0.1) is 5.92 Å². The Hall–Kier alpha value is -2.37. The number of carbonyl (C=O) groups is 3. The maximum atomic E-state index is 12.7. The minimum absolute atomic E-state index is 0.0855. The van der Waals surface area contributed by atoms with Gasteiger partial charge in [-0.3, -0.25) is 9.59 Å². The smallest absolute Gasteiger partial charge is 0.338 e. The predicted molar refractivity (Wildman–Crippen MR) is 102 cm³/mol. The van der Waals surface area contributed by atoms with Crippen molar-refractivity contribution in [2.75, 3.05) is 18.5 Å². The second kappa shape index (κ2) is 9.02. The van der Waals surface area contributed by atoms with Gasteiger partial charge in [-0.05, 0) is 38.0 Å². The number of hydrogen-bond acceptors (Lipinski definition) is 4. The van der Waals surface area contributed by atoms with E-state index >= 15 is 0 Å². The van der Waals surface area contributed by atoms with E-state index < -0.39 is 5.97 Å². The average molecular weight is 372 g/mol. The van der Waals surface area contributed by atoms with Gasteiger partial charge in [0.25, 0.3) is 0 Å². The minimum Gasteiger partial charge on any atom is -0.462 e. The molecule has 6 nitrogen and oxygen atoms in total. The summed E-state index contributed by atoms with van der Waals surface area (Å²) in [5.74, 6) is -0.834. The fourth-order valence-corrected chi connectivity index (χ4v) is 4.01. The summed E-state index contributed by atoms with van der Waals surface area (Å²) in [6.07, 6.45) is 7.14. The van der Waals surface area contributed by atoms with Crippen LogP contribution in [0.5, 0.6) is 0 Å². The van der Waals surface area contributed by atoms with Gasteiger partial charge in [0, 0.05) is 24.7 Å². The molecule has 1 aliphatic heterocycles. The zero-order chi connectivity index (χ0) is 19.2. The Morgan fingerprint density at radius 2 is 1.93 bits per heavy atom. The first-order valence-corrected chi connectivity index (χ1v) is 9.96. The summed E-state index contributed by atoms with van der Waals surface area (Å²) in [7, 11) is 0. The summed E-state index contributed by atoms with van der Waals surface area (Å²) < 4.78 is 4.99. The Morgan fingerprint density at radius 1 is 1.19 bits per heavy atom. The number of rotatable bonds is 5. The molecule has 1 unspecified atom stereocenters. The molecule has 2 aliphatic rings. The molecule has 0 spiro atoms. The zero-order valence-electron chi connectivity index (χ0n) is 15.9. The van der Waals surface area contributed by atoms with Crippen molar-refractivity contribution in [2.24, 2.45) is 5.92 Å². The molecule has 1 aromatic carbocycles. The van der Waals surface area contributed by atoms with Crippen LogP contribution in [0.25, 0.3) is 0 Å². The van der Waals surface area contributed by atoms with Crippen LogP contribution in [-0.2, 0) is 14.3 Å². The standard InChI is InChI=1S/C21H28N2O4/c1-2-27-21(26)15-8-7-9-17(12-15)22-20(25)16-13-19(24)23(14-16)18-10-5-3-4-6-11-18/h7-9,12,16,18H,2-6,10-11,13-14H2,1H3,(H,22,25). The molecule has 146 valence electrons. The van der Waals surface area contributed by atoms with Gasteiger partial charge in [-0.15, -0.1) is 0 Å². The second-order valence-electron chi connectivity index (χ2n) is 7.38. The van der Waals surface area contributed by atoms with Gasteiger partial charge in [-0.1, -0.05) is 31.7 Å². The fourth-order valence-electron chi connectivity index (χ4n) is 4.01. The van der Waals surface area contributed by atoms with Crippen molar-refractivity contribution in [3.63, 3.8) is 0 Å². The monoisotopic (exact) mass is 372 g/mol. The van der Waals surface area contributed by atoms with Gasteiger partial charge in [0.05, 0.1) is 18.1 Å². The number of benzene rings is 1. The maximum Gasteiger partial charge on any atom is 0.338 e. The van der Waals surface area contributed by atoms with Crippen LogP contribution in [0.4, 0.5) is 5.69 Å². The van der Waals surface area contributed by atoms with E-state index in [-0.39, 0.29) is 30.2 Å². The molecule has 0 aromatic heterocycles. The van der Waals surface area contributed by atoms with Crippen molar-refractivity contribution in [3.05, 3.63) is 29.8 Å². The second-order valence-corrected chi connectivity index (χ2v) is 7.38. The predicted octanol–water partition coefficient (Wildman–Crippen LogP) is 3.37. The highest BCUT2D eigenvalue weighted by molar-refractivity contribution is 5.98. The molecule has 1 aromatic rings. The molecular weight excluding hydrogens is 344 g/mol. The summed E-state index contributed by atoms with van der Waals surface area (Å²) >= 11 is 0. The lowest BCUT2D eigenvalue weighted by Gasteiger charge is -2.27. The summed E-state index contributed by atoms with van der Waals surface area (Å²) in [6, 6.07) is 6.99. The lowest BCUT2D eigenvalue weighted by Crippen LogP contribution is -2.37. The molecule has 6 heteroatoms. The van der Waals surface area contributed by atoms with Crippen LogP contribution in [0.1, 0.15) is 62.2 Å². The van der Waals surface area contributed by atoms with E-state index in [2.05, 4.69) is 5.32 Å². The molecule has 0 radical (unpaired) electrons. The molecule has 2 fully saturated rings. The van der Waals surface area contributed by atoms with E-state index in [1.165, 1.54) is 12.8 Å². The molecule has 1 saturated carbocycles. The largest absolute Gasteiger partial charge is 0.462 e. The maximum absolute atomic E-state index is 12.7. The van der Waals surface area contributed by atoms with Gasteiger partial charge in [0.2, 0.25) is 11.8 Å². The zero-order valence-corrected chi connectivity index (χ0v) is 15.9. The van der Waals surface area contributed by atoms with Gasteiger partial charge in [0.15, 0.2) is 0 Å². The van der Waals surface area contributed by atoms with Crippen LogP contribution in [0.3, 0.4) is 0 Å². The van der Waals surface area contributed by atoms with Crippen LogP contribution in [0.2, 0.25) is 0 Å². The molecule has 27 heavy (non-hydrogen) atoms. The van der Waals surface area contributed by atoms with Gasteiger partial charge in [-0.2, -0.15) is 0 Å². The first-order valence-electron chi connectivity index (χ1n) is 9.96. The van der Waals surface area contributed by atoms with E-state index in [4.69, 9.17) is 4.74 Å². The Morgan fingerprint density at radius 3 is 2.63 bits per heavy atom. The summed E-state index contributed by atoms with van der Waals surface area (Å²) in [5, 5.41) is 2.85. The molecule has 2 amide bonds. The Bertz CT molecular complexity index is 695. The van der Waals surface area contributed by atoms with Crippen molar-refractivity contribution in [1.29, 1.82) is 0 Å². The van der Waals surface area contributed by atoms with Crippen molar-refractivity contribution >= 4 is 23.5 Å². The molecule has 1 aliphatic carbocycles. The number of likely N-dealkylation sites (tertiary alicyclic amines) is 1. The van der Waals surface area contributed by atoms with Crippen molar-refractivity contribution in [3.8, 4) is 0 Å². The number of carbonyl (C=O) groups excluding carboxylic acids is 3. The summed E-state index contributed by atoms with van der Waals surface area (Å²) in [4.78, 5) is 38.9. The van der Waals surface area contributed by atoms with E-state index in [0.717, 1.165) is 25.7 Å². The molecule has 0 bridgehead atoms. The van der Waals surface area contributed by atoms with E-state index in [1.54, 1.807) is 31.2 Å². The molecule has 1 atom stereocenters. The van der Waals surface area contributed by atoms with Crippen molar-refractivity contribution < 1.29 is 19.1 Å². The Labute approximate surface area is 160 Å². The Balaban J connectivity index is 1.61. The lowest BCUT2D eigenvalue weighted by atomic mass is 10.1. The third-order valence-corrected chi connectivity index (χ3v) is 5.44. The lowest BCUT2D eigenvalue weighted by molar-refractivity contribution is -0.130. The highest BCUT2D eigenvalue weighted by Gasteiger charge is 2.37. The number of nitrogens with zero attached hydrogens (tertiary/aromatic N) is 1. The minimum atomic E-state index is -0.413. The van der Waals surface area contributed by atoms with E-state index in [1.807, 2.05) is 4.90 Å². The van der Waals surface area contributed by atoms with E-state index in [9.17, 15) is 14.4 Å². The van der Waals surface area contributed by atoms with E-state index in [0.29, 0.717) is 24.4 Å². The highest BCUT2D eigenvalue weighted by Crippen LogP contribution is 2.28. The quantitative estimate of drug-likeness (QED) is 0.635. The number of nitrogens with one attached hydrogen (secondary N) is 1. The first kappa shape index (κ1) is 19.4. The fraction of sp³-hybridized carbons (Fsp3) is 0.571. The third kappa shape index (κ3) is 4.87. The summed E-state index contributed by atoms with van der Waals surface area (Å²) in [5.41, 5.74) is 0.947. The summed E-state index contributed by atoms with van der Waals surface area (Å²) in [6.45, 7) is 2.55. The average Bonchev–Trinajstić information content (AvgIpc) is 2.87. The molecule has 1 saturated heterocycles. The van der Waals surface area contributed by atoms with Crippen molar-refractivity contribution in [2.45, 2.75) is 57.9 Å². The van der Waals surface area contributed by atoms with Crippen LogP contribution in [0.15, 0.2) is 24.3 Å². The number of anilines is 1. The molecular formula is C21H28N2O4. The third-order valence-electron chi connectivity index (χ3n) is 5.44. The topological polar surface area (TPSA) is 75.7 Å². The van der Waals surface area contributed by atoms with Crippen LogP contribution < -0.4 is 5.32 Å². The molecule has 1 heterocycles.